The topological polar surface area (TPSA) is 51.7 Å². The molecule has 1 aliphatic rings. The van der Waals surface area contributed by atoms with E-state index in [9.17, 15) is 13.6 Å². The number of benzene rings is 2. The highest BCUT2D eigenvalue weighted by Gasteiger charge is 2.25. The van der Waals surface area contributed by atoms with E-state index < -0.39 is 12.1 Å². The first-order valence-electron chi connectivity index (χ1n) is 11.5. The van der Waals surface area contributed by atoms with Crippen molar-refractivity contribution < 1.29 is 23.0 Å². The number of hydrogen-bond donors (Lipinski definition) is 0. The molecule has 1 saturated heterocycles. The zero-order valence-corrected chi connectivity index (χ0v) is 19.1. The van der Waals surface area contributed by atoms with Gasteiger partial charge in [0, 0.05) is 19.6 Å². The molecular formula is C27H28F2N2O3. The zero-order valence-electron chi connectivity index (χ0n) is 19.1. The van der Waals surface area contributed by atoms with Gasteiger partial charge in [-0.25, -0.2) is 18.6 Å². The van der Waals surface area contributed by atoms with Crippen LogP contribution >= 0.6 is 0 Å². The Hall–Kier alpha value is -3.16. The van der Waals surface area contributed by atoms with Crippen LogP contribution in [0.5, 0.6) is 0 Å². The van der Waals surface area contributed by atoms with E-state index in [4.69, 9.17) is 9.47 Å². The van der Waals surface area contributed by atoms with Crippen LogP contribution in [0.3, 0.4) is 0 Å². The van der Waals surface area contributed by atoms with Crippen LogP contribution in [-0.4, -0.2) is 41.7 Å². The highest BCUT2D eigenvalue weighted by Crippen LogP contribution is 2.31. The Balaban J connectivity index is 1.39. The van der Waals surface area contributed by atoms with Gasteiger partial charge in [-0.05, 0) is 67.3 Å². The van der Waals surface area contributed by atoms with Crippen LogP contribution < -0.4 is 0 Å². The van der Waals surface area contributed by atoms with E-state index in [-0.39, 0.29) is 17.7 Å². The van der Waals surface area contributed by atoms with Crippen molar-refractivity contribution in [1.29, 1.82) is 0 Å². The van der Waals surface area contributed by atoms with E-state index in [1.165, 1.54) is 24.3 Å². The van der Waals surface area contributed by atoms with Crippen molar-refractivity contribution >= 4 is 5.97 Å². The first-order chi connectivity index (χ1) is 16.5. The first kappa shape index (κ1) is 24.0. The van der Waals surface area contributed by atoms with Gasteiger partial charge in [0.15, 0.2) is 0 Å². The molecule has 3 aromatic rings. The van der Waals surface area contributed by atoms with E-state index >= 15 is 0 Å². The van der Waals surface area contributed by atoms with Crippen molar-refractivity contribution in [3.8, 4) is 0 Å². The Morgan fingerprint density at radius 3 is 2.44 bits per heavy atom. The van der Waals surface area contributed by atoms with Crippen LogP contribution in [0.25, 0.3) is 0 Å². The lowest BCUT2D eigenvalue weighted by Crippen LogP contribution is -2.37. The third-order valence-corrected chi connectivity index (χ3v) is 5.86. The predicted octanol–water partition coefficient (Wildman–Crippen LogP) is 5.31. The number of hydrogen-bond acceptors (Lipinski definition) is 5. The predicted molar refractivity (Wildman–Crippen MR) is 124 cm³/mol. The standard InChI is InChI=1S/C27H28F2N2O3/c1-2-33-27(32)25-8-4-7-23(30-25)18-31-15-13-24(14-16-31)34-26(19-9-11-21(28)12-10-19)20-5-3-6-22(29)17-20/h3-12,17,24,26H,2,13-16,18H2,1H3. The summed E-state index contributed by atoms with van der Waals surface area (Å²) in [5, 5.41) is 0. The molecule has 4 rings (SSSR count). The number of piperidine rings is 1. The summed E-state index contributed by atoms with van der Waals surface area (Å²) in [6.45, 7) is 4.31. The van der Waals surface area contributed by atoms with Gasteiger partial charge in [0.2, 0.25) is 0 Å². The fourth-order valence-corrected chi connectivity index (χ4v) is 4.17. The minimum Gasteiger partial charge on any atom is -0.461 e. The van der Waals surface area contributed by atoms with Crippen LogP contribution in [0.4, 0.5) is 8.78 Å². The lowest BCUT2D eigenvalue weighted by Gasteiger charge is -2.34. The molecule has 1 unspecified atom stereocenters. The Morgan fingerprint density at radius 1 is 1.00 bits per heavy atom. The highest BCUT2D eigenvalue weighted by atomic mass is 19.1. The number of pyridine rings is 1. The third-order valence-electron chi connectivity index (χ3n) is 5.86. The summed E-state index contributed by atoms with van der Waals surface area (Å²) >= 11 is 0. The molecule has 0 radical (unpaired) electrons. The smallest absolute Gasteiger partial charge is 0.356 e. The van der Waals surface area contributed by atoms with Crippen molar-refractivity contribution in [3.63, 3.8) is 0 Å². The van der Waals surface area contributed by atoms with E-state index in [0.717, 1.165) is 37.2 Å². The summed E-state index contributed by atoms with van der Waals surface area (Å²) in [5.41, 5.74) is 2.62. The molecule has 1 aliphatic heterocycles. The molecular weight excluding hydrogens is 438 g/mol. The zero-order chi connectivity index (χ0) is 23.9. The molecule has 0 N–H and O–H groups in total. The van der Waals surface area contributed by atoms with Gasteiger partial charge in [-0.2, -0.15) is 0 Å². The van der Waals surface area contributed by atoms with E-state index in [0.29, 0.717) is 24.4 Å². The van der Waals surface area contributed by atoms with E-state index in [1.54, 1.807) is 31.2 Å². The second-order valence-corrected chi connectivity index (χ2v) is 8.33. The monoisotopic (exact) mass is 466 g/mol. The van der Waals surface area contributed by atoms with Gasteiger partial charge in [0.05, 0.1) is 18.4 Å². The Morgan fingerprint density at radius 2 is 1.74 bits per heavy atom. The molecule has 2 heterocycles. The number of esters is 1. The van der Waals surface area contributed by atoms with Crippen molar-refractivity contribution in [1.82, 2.24) is 9.88 Å². The van der Waals surface area contributed by atoms with Crippen LogP contribution in [0.2, 0.25) is 0 Å². The molecule has 178 valence electrons. The maximum atomic E-state index is 13.9. The Labute approximate surface area is 198 Å². The summed E-state index contributed by atoms with van der Waals surface area (Å²) in [6, 6.07) is 17.9. The Kier molecular flexibility index (Phi) is 7.98. The van der Waals surface area contributed by atoms with Crippen molar-refractivity contribution in [3.05, 3.63) is 101 Å². The molecule has 1 aromatic heterocycles. The average molecular weight is 467 g/mol. The lowest BCUT2D eigenvalue weighted by atomic mass is 9.99. The minimum atomic E-state index is -0.476. The molecule has 5 nitrogen and oxygen atoms in total. The van der Waals surface area contributed by atoms with Crippen LogP contribution in [0.15, 0.2) is 66.7 Å². The number of aromatic nitrogens is 1. The maximum Gasteiger partial charge on any atom is 0.356 e. The van der Waals surface area contributed by atoms with Crippen molar-refractivity contribution in [2.45, 2.75) is 38.5 Å². The molecule has 0 bridgehead atoms. The van der Waals surface area contributed by atoms with Gasteiger partial charge in [0.1, 0.15) is 23.4 Å². The highest BCUT2D eigenvalue weighted by molar-refractivity contribution is 5.87. The van der Waals surface area contributed by atoms with E-state index in [1.807, 2.05) is 18.2 Å². The molecule has 7 heteroatoms. The quantitative estimate of drug-likeness (QED) is 0.422. The van der Waals surface area contributed by atoms with Gasteiger partial charge in [-0.15, -0.1) is 0 Å². The SMILES string of the molecule is CCOC(=O)c1cccc(CN2CCC(OC(c3ccc(F)cc3)c3cccc(F)c3)CC2)n1. The summed E-state index contributed by atoms with van der Waals surface area (Å²) in [5.74, 6) is -1.07. The van der Waals surface area contributed by atoms with Crippen molar-refractivity contribution in [2.75, 3.05) is 19.7 Å². The van der Waals surface area contributed by atoms with Gasteiger partial charge in [-0.3, -0.25) is 4.90 Å². The molecule has 1 atom stereocenters. The third kappa shape index (κ3) is 6.24. The fourth-order valence-electron chi connectivity index (χ4n) is 4.17. The summed E-state index contributed by atoms with van der Waals surface area (Å²) < 4.78 is 38.9. The summed E-state index contributed by atoms with van der Waals surface area (Å²) in [7, 11) is 0. The number of rotatable bonds is 8. The average Bonchev–Trinajstić information content (AvgIpc) is 2.84. The van der Waals surface area contributed by atoms with Gasteiger partial charge >= 0.3 is 5.97 Å². The Bertz CT molecular complexity index is 1100. The minimum absolute atomic E-state index is 0.0200. The molecule has 0 spiro atoms. The second kappa shape index (κ2) is 11.3. The van der Waals surface area contributed by atoms with Crippen molar-refractivity contribution in [2.24, 2.45) is 0 Å². The van der Waals surface area contributed by atoms with Gasteiger partial charge in [0.25, 0.3) is 0 Å². The van der Waals surface area contributed by atoms with Gasteiger partial charge in [-0.1, -0.05) is 30.3 Å². The van der Waals surface area contributed by atoms with E-state index in [2.05, 4.69) is 9.88 Å². The number of halogens is 2. The largest absolute Gasteiger partial charge is 0.461 e. The number of carbonyl (C=O) groups is 1. The molecule has 2 aromatic carbocycles. The van der Waals surface area contributed by atoms with Crippen LogP contribution in [0, 0.1) is 11.6 Å². The number of likely N-dealkylation sites (tertiary alicyclic amines) is 1. The van der Waals surface area contributed by atoms with Crippen LogP contribution in [0.1, 0.15) is 53.2 Å². The number of carbonyl (C=O) groups excluding carboxylic acids is 1. The first-order valence-corrected chi connectivity index (χ1v) is 11.5. The molecule has 0 aliphatic carbocycles. The normalized spacial score (nSPS) is 15.7. The fraction of sp³-hybridized carbons (Fsp3) is 0.333. The number of nitrogens with zero attached hydrogens (tertiary/aromatic N) is 2. The molecule has 1 fully saturated rings. The maximum absolute atomic E-state index is 13.9. The second-order valence-electron chi connectivity index (χ2n) is 8.33. The molecule has 0 amide bonds. The molecule has 34 heavy (non-hydrogen) atoms. The molecule has 0 saturated carbocycles. The number of ether oxygens (including phenoxy) is 2. The summed E-state index contributed by atoms with van der Waals surface area (Å²) in [4.78, 5) is 18.7. The van der Waals surface area contributed by atoms with Crippen LogP contribution in [-0.2, 0) is 16.0 Å². The summed E-state index contributed by atoms with van der Waals surface area (Å²) in [6.07, 6.45) is 1.10. The lowest BCUT2D eigenvalue weighted by molar-refractivity contribution is -0.0284. The van der Waals surface area contributed by atoms with Gasteiger partial charge < -0.3 is 9.47 Å².